The van der Waals surface area contributed by atoms with Gasteiger partial charge < -0.3 is 15.3 Å². The first kappa shape index (κ1) is 16.3. The summed E-state index contributed by atoms with van der Waals surface area (Å²) in [6, 6.07) is 15.5. The van der Waals surface area contributed by atoms with Crippen LogP contribution in [0.4, 0.5) is 11.4 Å². The number of benzene rings is 2. The highest BCUT2D eigenvalue weighted by atomic mass is 16.4. The highest BCUT2D eigenvalue weighted by Crippen LogP contribution is 2.28. The molecule has 124 valence electrons. The van der Waals surface area contributed by atoms with Crippen LogP contribution in [0.3, 0.4) is 0 Å². The quantitative estimate of drug-likeness (QED) is 0.663. The number of nitriles is 1. The van der Waals surface area contributed by atoms with Gasteiger partial charge in [0, 0.05) is 24.1 Å². The number of hydrogen-bond donors (Lipinski definition) is 2. The number of amides is 1. The fourth-order valence-corrected chi connectivity index (χ4v) is 2.69. The molecule has 6 heteroatoms. The third-order valence-electron chi connectivity index (χ3n) is 3.96. The van der Waals surface area contributed by atoms with E-state index >= 15 is 0 Å². The molecule has 6 nitrogen and oxygen atoms in total. The Hall–Kier alpha value is -3.59. The largest absolute Gasteiger partial charge is 0.478 e. The molecule has 0 radical (unpaired) electrons. The van der Waals surface area contributed by atoms with Crippen LogP contribution in [0.25, 0.3) is 0 Å². The Morgan fingerprint density at radius 3 is 2.56 bits per heavy atom. The Kier molecular flexibility index (Phi) is 4.48. The molecule has 2 N–H and O–H groups in total. The first-order valence-electron chi connectivity index (χ1n) is 7.69. The minimum absolute atomic E-state index is 0.0148. The number of carbonyl (C=O) groups is 2. The van der Waals surface area contributed by atoms with Gasteiger partial charge in [-0.3, -0.25) is 4.79 Å². The monoisotopic (exact) mass is 333 g/mol. The molecular formula is C19H15N3O3. The normalized spacial score (nSPS) is 13.1. The molecule has 0 saturated heterocycles. The zero-order chi connectivity index (χ0) is 17.8. The fraction of sp³-hybridized carbons (Fsp3) is 0.105. The van der Waals surface area contributed by atoms with Gasteiger partial charge in [0.1, 0.15) is 11.6 Å². The maximum absolute atomic E-state index is 12.3. The number of rotatable bonds is 4. The molecule has 1 aliphatic rings. The average molecular weight is 333 g/mol. The Labute approximate surface area is 144 Å². The Morgan fingerprint density at radius 2 is 1.88 bits per heavy atom. The molecule has 0 aromatic heterocycles. The van der Waals surface area contributed by atoms with Crippen LogP contribution < -0.4 is 10.2 Å². The second-order valence-electron chi connectivity index (χ2n) is 5.56. The van der Waals surface area contributed by atoms with Gasteiger partial charge in [-0.15, -0.1) is 0 Å². The van der Waals surface area contributed by atoms with Crippen molar-refractivity contribution in [3.8, 4) is 6.07 Å². The average Bonchev–Trinajstić information content (AvgIpc) is 3.03. The Morgan fingerprint density at radius 1 is 1.16 bits per heavy atom. The van der Waals surface area contributed by atoms with Crippen molar-refractivity contribution in [1.29, 1.82) is 5.26 Å². The van der Waals surface area contributed by atoms with Crippen LogP contribution in [-0.4, -0.2) is 23.5 Å². The maximum Gasteiger partial charge on any atom is 0.335 e. The van der Waals surface area contributed by atoms with Gasteiger partial charge in [0.15, 0.2) is 0 Å². The number of hydrogen-bond acceptors (Lipinski definition) is 4. The molecule has 2 aromatic carbocycles. The summed E-state index contributed by atoms with van der Waals surface area (Å²) in [6.45, 7) is 0.713. The molecule has 1 amide bonds. The SMILES string of the molecule is N#C/C(=C/N1CCc2ccccc21)C(=O)Nc1ccc(C(=O)O)cc1. The molecule has 0 bridgehead atoms. The summed E-state index contributed by atoms with van der Waals surface area (Å²) in [5.74, 6) is -1.57. The summed E-state index contributed by atoms with van der Waals surface area (Å²) >= 11 is 0. The predicted octanol–water partition coefficient (Wildman–Crippen LogP) is 2.79. The number of carboxylic acids is 1. The van der Waals surface area contributed by atoms with E-state index in [1.165, 1.54) is 29.8 Å². The molecule has 0 saturated carbocycles. The van der Waals surface area contributed by atoms with Gasteiger partial charge in [0.05, 0.1) is 5.56 Å². The topological polar surface area (TPSA) is 93.4 Å². The van der Waals surface area contributed by atoms with Crippen molar-refractivity contribution < 1.29 is 14.7 Å². The Bertz CT molecular complexity index is 895. The molecule has 0 spiro atoms. The van der Waals surface area contributed by atoms with Crippen LogP contribution >= 0.6 is 0 Å². The smallest absolute Gasteiger partial charge is 0.335 e. The van der Waals surface area contributed by atoms with Crippen molar-refractivity contribution in [2.24, 2.45) is 0 Å². The molecule has 25 heavy (non-hydrogen) atoms. The van der Waals surface area contributed by atoms with Crippen molar-refractivity contribution >= 4 is 23.3 Å². The van der Waals surface area contributed by atoms with Crippen LogP contribution in [0.2, 0.25) is 0 Å². The van der Waals surface area contributed by atoms with Crippen LogP contribution in [-0.2, 0) is 11.2 Å². The molecule has 2 aromatic rings. The van der Waals surface area contributed by atoms with E-state index in [0.717, 1.165) is 12.1 Å². The number of nitrogens with zero attached hydrogens (tertiary/aromatic N) is 2. The number of anilines is 2. The molecule has 0 unspecified atom stereocenters. The highest BCUT2D eigenvalue weighted by Gasteiger charge is 2.19. The zero-order valence-corrected chi connectivity index (χ0v) is 13.3. The minimum Gasteiger partial charge on any atom is -0.478 e. The summed E-state index contributed by atoms with van der Waals surface area (Å²) in [4.78, 5) is 25.0. The van der Waals surface area contributed by atoms with E-state index in [2.05, 4.69) is 5.32 Å². The Balaban J connectivity index is 1.76. The molecular weight excluding hydrogens is 318 g/mol. The summed E-state index contributed by atoms with van der Waals surface area (Å²) in [7, 11) is 0. The van der Waals surface area contributed by atoms with E-state index < -0.39 is 11.9 Å². The summed E-state index contributed by atoms with van der Waals surface area (Å²) in [5, 5.41) is 20.8. The lowest BCUT2D eigenvalue weighted by Gasteiger charge is -2.14. The third-order valence-corrected chi connectivity index (χ3v) is 3.96. The number of fused-ring (bicyclic) bond motifs is 1. The van der Waals surface area contributed by atoms with E-state index in [-0.39, 0.29) is 11.1 Å². The second-order valence-corrected chi connectivity index (χ2v) is 5.56. The van der Waals surface area contributed by atoms with Crippen molar-refractivity contribution in [3.05, 3.63) is 71.4 Å². The lowest BCUT2D eigenvalue weighted by molar-refractivity contribution is -0.112. The van der Waals surface area contributed by atoms with Gasteiger partial charge in [-0.05, 0) is 42.3 Å². The predicted molar refractivity (Wildman–Crippen MR) is 93.2 cm³/mol. The highest BCUT2D eigenvalue weighted by molar-refractivity contribution is 6.07. The van der Waals surface area contributed by atoms with Crippen molar-refractivity contribution in [3.63, 3.8) is 0 Å². The maximum atomic E-state index is 12.3. The van der Waals surface area contributed by atoms with Gasteiger partial charge in [0.2, 0.25) is 0 Å². The van der Waals surface area contributed by atoms with Gasteiger partial charge in [-0.25, -0.2) is 4.79 Å². The van der Waals surface area contributed by atoms with Crippen LogP contribution in [0.5, 0.6) is 0 Å². The second kappa shape index (κ2) is 6.89. The summed E-state index contributed by atoms with van der Waals surface area (Å²) < 4.78 is 0. The van der Waals surface area contributed by atoms with Crippen molar-refractivity contribution in [2.75, 3.05) is 16.8 Å². The summed E-state index contributed by atoms with van der Waals surface area (Å²) in [6.07, 6.45) is 2.41. The van der Waals surface area contributed by atoms with Gasteiger partial charge in [0.25, 0.3) is 5.91 Å². The van der Waals surface area contributed by atoms with E-state index in [0.29, 0.717) is 12.2 Å². The number of carboxylic acid groups (broad SMARTS) is 1. The number of carbonyl (C=O) groups excluding carboxylic acids is 1. The molecule has 1 heterocycles. The number of para-hydroxylation sites is 1. The lowest BCUT2D eigenvalue weighted by Crippen LogP contribution is -2.19. The fourth-order valence-electron chi connectivity index (χ4n) is 2.69. The van der Waals surface area contributed by atoms with E-state index in [1.807, 2.05) is 35.2 Å². The van der Waals surface area contributed by atoms with Crippen LogP contribution in [0.1, 0.15) is 15.9 Å². The summed E-state index contributed by atoms with van der Waals surface area (Å²) in [5.41, 5.74) is 2.72. The van der Waals surface area contributed by atoms with E-state index in [4.69, 9.17) is 5.11 Å². The first-order valence-corrected chi connectivity index (χ1v) is 7.69. The molecule has 0 aliphatic carbocycles. The number of aromatic carboxylic acids is 1. The van der Waals surface area contributed by atoms with Gasteiger partial charge in [-0.1, -0.05) is 18.2 Å². The van der Waals surface area contributed by atoms with Crippen molar-refractivity contribution in [2.45, 2.75) is 6.42 Å². The van der Waals surface area contributed by atoms with Gasteiger partial charge >= 0.3 is 5.97 Å². The lowest BCUT2D eigenvalue weighted by atomic mass is 10.2. The number of nitrogens with one attached hydrogen (secondary N) is 1. The molecule has 0 atom stereocenters. The van der Waals surface area contributed by atoms with E-state index in [1.54, 1.807) is 6.20 Å². The van der Waals surface area contributed by atoms with Crippen LogP contribution in [0.15, 0.2) is 60.3 Å². The molecule has 1 aliphatic heterocycles. The van der Waals surface area contributed by atoms with Gasteiger partial charge in [-0.2, -0.15) is 5.26 Å². The molecule has 3 rings (SSSR count). The van der Waals surface area contributed by atoms with E-state index in [9.17, 15) is 14.9 Å². The third kappa shape index (κ3) is 3.51. The minimum atomic E-state index is -1.04. The standard InChI is InChI=1S/C19H15N3O3/c20-11-15(12-22-10-9-13-3-1-2-4-17(13)22)18(23)21-16-7-5-14(6-8-16)19(24)25/h1-8,12H,9-10H2,(H,21,23)(H,24,25)/b15-12-. The molecule has 0 fully saturated rings. The first-order chi connectivity index (χ1) is 12.1. The van der Waals surface area contributed by atoms with Crippen molar-refractivity contribution in [1.82, 2.24) is 0 Å². The van der Waals surface area contributed by atoms with Crippen LogP contribution in [0, 0.1) is 11.3 Å². The zero-order valence-electron chi connectivity index (χ0n) is 13.3.